The molecule has 0 saturated carbocycles. The van der Waals surface area contributed by atoms with E-state index in [9.17, 15) is 14.4 Å². The minimum atomic E-state index is -1.07. The lowest BCUT2D eigenvalue weighted by molar-refractivity contribution is 0.0241. The fraction of sp³-hybridized carbons (Fsp3) is 0.600. The maximum Gasteiger partial charge on any atom is 0.410 e. The molecule has 0 unspecified atom stereocenters. The van der Waals surface area contributed by atoms with Gasteiger partial charge in [-0.05, 0) is 52.2 Å². The van der Waals surface area contributed by atoms with Crippen LogP contribution in [0, 0.1) is 0 Å². The predicted molar refractivity (Wildman–Crippen MR) is 114 cm³/mol. The van der Waals surface area contributed by atoms with Crippen LogP contribution in [0.1, 0.15) is 50.4 Å². The van der Waals surface area contributed by atoms with Gasteiger partial charge >= 0.3 is 12.2 Å². The molecule has 30 heavy (non-hydrogen) atoms. The first-order valence-corrected chi connectivity index (χ1v) is 10.2. The van der Waals surface area contributed by atoms with E-state index < -0.39 is 17.8 Å². The molecule has 1 aromatic heterocycles. The number of nitrogens with one attached hydrogen (secondary N) is 1. The van der Waals surface area contributed by atoms with Crippen molar-refractivity contribution in [2.75, 3.05) is 33.2 Å². The van der Waals surface area contributed by atoms with Crippen molar-refractivity contribution in [2.45, 2.75) is 45.6 Å². The van der Waals surface area contributed by atoms with Crippen LogP contribution in [-0.4, -0.2) is 76.8 Å². The fourth-order valence-corrected chi connectivity index (χ4v) is 2.68. The molecule has 3 amide bonds. The van der Waals surface area contributed by atoms with Crippen molar-refractivity contribution in [3.05, 3.63) is 29.0 Å². The summed E-state index contributed by atoms with van der Waals surface area (Å²) >= 11 is 5.75. The van der Waals surface area contributed by atoms with Gasteiger partial charge in [0.2, 0.25) is 0 Å². The van der Waals surface area contributed by atoms with Crippen molar-refractivity contribution < 1.29 is 24.2 Å². The summed E-state index contributed by atoms with van der Waals surface area (Å²) in [5.74, 6) is -0.178. The van der Waals surface area contributed by atoms with Crippen LogP contribution < -0.4 is 5.32 Å². The van der Waals surface area contributed by atoms with E-state index in [-0.39, 0.29) is 5.91 Å². The normalized spacial score (nSPS) is 11.0. The quantitative estimate of drug-likeness (QED) is 0.423. The SMILES string of the molecule is CN(CCCN(CCCCNC(=O)O)C(=O)OC(C)(C)C)C(=O)c1ccc(Cl)nc1. The number of nitrogens with zero attached hydrogens (tertiary/aromatic N) is 3. The van der Waals surface area contributed by atoms with E-state index in [2.05, 4.69) is 10.3 Å². The number of hydrogen-bond donors (Lipinski definition) is 2. The van der Waals surface area contributed by atoms with Crippen molar-refractivity contribution in [3.8, 4) is 0 Å². The van der Waals surface area contributed by atoms with E-state index in [0.29, 0.717) is 56.2 Å². The van der Waals surface area contributed by atoms with E-state index in [1.807, 2.05) is 0 Å². The van der Waals surface area contributed by atoms with Gasteiger partial charge in [-0.15, -0.1) is 0 Å². The third-order valence-electron chi connectivity index (χ3n) is 4.03. The molecule has 0 spiro atoms. The third-order valence-corrected chi connectivity index (χ3v) is 4.25. The van der Waals surface area contributed by atoms with Crippen LogP contribution >= 0.6 is 11.6 Å². The molecule has 2 N–H and O–H groups in total. The van der Waals surface area contributed by atoms with Gasteiger partial charge in [0.25, 0.3) is 5.91 Å². The predicted octanol–water partition coefficient (Wildman–Crippen LogP) is 3.48. The van der Waals surface area contributed by atoms with E-state index in [1.165, 1.54) is 6.20 Å². The molecule has 10 heteroatoms. The Balaban J connectivity index is 2.55. The maximum atomic E-state index is 12.5. The number of halogens is 1. The van der Waals surface area contributed by atoms with Crippen LogP contribution in [0.3, 0.4) is 0 Å². The highest BCUT2D eigenvalue weighted by molar-refractivity contribution is 6.29. The molecule has 1 heterocycles. The molecule has 168 valence electrons. The van der Waals surface area contributed by atoms with Crippen molar-refractivity contribution in [1.29, 1.82) is 0 Å². The first kappa shape index (κ1) is 25.5. The van der Waals surface area contributed by atoms with Gasteiger partial charge in [0.05, 0.1) is 5.56 Å². The molecule has 0 radical (unpaired) electrons. The Morgan fingerprint density at radius 1 is 1.13 bits per heavy atom. The van der Waals surface area contributed by atoms with Gasteiger partial charge in [-0.1, -0.05) is 11.6 Å². The van der Waals surface area contributed by atoms with Gasteiger partial charge in [-0.25, -0.2) is 14.6 Å². The van der Waals surface area contributed by atoms with Crippen LogP contribution in [0.2, 0.25) is 5.15 Å². The molecule has 0 aliphatic heterocycles. The van der Waals surface area contributed by atoms with E-state index in [1.54, 1.807) is 49.8 Å². The Morgan fingerprint density at radius 3 is 2.37 bits per heavy atom. The molecule has 0 saturated heterocycles. The summed E-state index contributed by atoms with van der Waals surface area (Å²) in [6.45, 7) is 7.02. The standard InChI is InChI=1S/C20H31ClN4O5/c1-20(2,3)30-19(29)25(12-6-5-10-22-18(27)28)13-7-11-24(4)17(26)15-8-9-16(21)23-14-15/h8-9,14,22H,5-7,10-13H2,1-4H3,(H,27,28). The third kappa shape index (κ3) is 10.3. The Bertz CT molecular complexity index is 706. The summed E-state index contributed by atoms with van der Waals surface area (Å²) in [4.78, 5) is 42.5. The molecule has 9 nitrogen and oxygen atoms in total. The number of ether oxygens (including phenoxy) is 1. The lowest BCUT2D eigenvalue weighted by Gasteiger charge is -2.28. The molecular weight excluding hydrogens is 412 g/mol. The average molecular weight is 443 g/mol. The summed E-state index contributed by atoms with van der Waals surface area (Å²) in [6.07, 6.45) is 1.74. The molecule has 0 bridgehead atoms. The molecule has 0 fully saturated rings. The molecule has 0 atom stereocenters. The second-order valence-corrected chi connectivity index (χ2v) is 8.24. The highest BCUT2D eigenvalue weighted by Gasteiger charge is 2.22. The molecule has 0 aliphatic carbocycles. The van der Waals surface area contributed by atoms with Crippen molar-refractivity contribution in [1.82, 2.24) is 20.1 Å². The average Bonchev–Trinajstić information content (AvgIpc) is 2.64. The zero-order valence-corrected chi connectivity index (χ0v) is 18.7. The van der Waals surface area contributed by atoms with E-state index >= 15 is 0 Å². The molecule has 0 aliphatic rings. The Morgan fingerprint density at radius 2 is 1.80 bits per heavy atom. The second-order valence-electron chi connectivity index (χ2n) is 7.86. The van der Waals surface area contributed by atoms with Gasteiger partial charge in [-0.2, -0.15) is 0 Å². The first-order chi connectivity index (χ1) is 14.0. The number of unbranched alkanes of at least 4 members (excludes halogenated alkanes) is 1. The maximum absolute atomic E-state index is 12.5. The van der Waals surface area contributed by atoms with Crippen molar-refractivity contribution >= 4 is 29.7 Å². The molecule has 1 rings (SSSR count). The zero-order valence-electron chi connectivity index (χ0n) is 18.0. The minimum Gasteiger partial charge on any atom is -0.465 e. The lowest BCUT2D eigenvalue weighted by atomic mass is 10.2. The number of rotatable bonds is 10. The van der Waals surface area contributed by atoms with Crippen LogP contribution in [0.25, 0.3) is 0 Å². The van der Waals surface area contributed by atoms with Gasteiger partial charge in [0.1, 0.15) is 10.8 Å². The van der Waals surface area contributed by atoms with Gasteiger partial charge in [0, 0.05) is 39.4 Å². The smallest absolute Gasteiger partial charge is 0.410 e. The highest BCUT2D eigenvalue weighted by atomic mass is 35.5. The Kier molecular flexibility index (Phi) is 10.4. The van der Waals surface area contributed by atoms with Crippen molar-refractivity contribution in [2.24, 2.45) is 0 Å². The number of amides is 3. The summed E-state index contributed by atoms with van der Waals surface area (Å²) in [5, 5.41) is 11.2. The number of hydrogen-bond acceptors (Lipinski definition) is 5. The number of carboxylic acid groups (broad SMARTS) is 1. The Labute approximate surface area is 182 Å². The number of carbonyl (C=O) groups is 3. The topological polar surface area (TPSA) is 112 Å². The Hall–Kier alpha value is -2.55. The van der Waals surface area contributed by atoms with Crippen molar-refractivity contribution in [3.63, 3.8) is 0 Å². The molecular formula is C20H31ClN4O5. The second kappa shape index (κ2) is 12.2. The van der Waals surface area contributed by atoms with Crippen LogP contribution in [0.4, 0.5) is 9.59 Å². The lowest BCUT2D eigenvalue weighted by Crippen LogP contribution is -2.39. The van der Waals surface area contributed by atoms with Crippen LogP contribution in [0.15, 0.2) is 18.3 Å². The van der Waals surface area contributed by atoms with E-state index in [0.717, 1.165) is 0 Å². The van der Waals surface area contributed by atoms with Gasteiger partial charge in [0.15, 0.2) is 0 Å². The number of pyridine rings is 1. The summed E-state index contributed by atoms with van der Waals surface area (Å²) in [5.41, 5.74) is -0.175. The minimum absolute atomic E-state index is 0.178. The zero-order chi connectivity index (χ0) is 22.7. The van der Waals surface area contributed by atoms with Crippen LogP contribution in [0.5, 0.6) is 0 Å². The monoisotopic (exact) mass is 442 g/mol. The summed E-state index contributed by atoms with van der Waals surface area (Å²) < 4.78 is 5.46. The van der Waals surface area contributed by atoms with Crippen LogP contribution in [-0.2, 0) is 4.74 Å². The molecule has 0 aromatic carbocycles. The summed E-state index contributed by atoms with van der Waals surface area (Å²) in [7, 11) is 1.69. The van der Waals surface area contributed by atoms with E-state index in [4.69, 9.17) is 21.4 Å². The van der Waals surface area contributed by atoms with Gasteiger partial charge in [-0.3, -0.25) is 4.79 Å². The summed E-state index contributed by atoms with van der Waals surface area (Å²) in [6, 6.07) is 3.18. The largest absolute Gasteiger partial charge is 0.465 e. The number of aromatic nitrogens is 1. The van der Waals surface area contributed by atoms with Gasteiger partial charge < -0.3 is 25.0 Å². The molecule has 1 aromatic rings. The number of carbonyl (C=O) groups excluding carboxylic acids is 2. The highest BCUT2D eigenvalue weighted by Crippen LogP contribution is 2.12. The first-order valence-electron chi connectivity index (χ1n) is 9.81. The fourth-order valence-electron chi connectivity index (χ4n) is 2.57.